The van der Waals surface area contributed by atoms with Crippen molar-refractivity contribution in [2.24, 2.45) is 17.6 Å². The van der Waals surface area contributed by atoms with Crippen molar-refractivity contribution >= 4 is 46.3 Å². The summed E-state index contributed by atoms with van der Waals surface area (Å²) in [6, 6.07) is 28.7. The smallest absolute Gasteiger partial charge is 0.369 e. The molecular weight excluding hydrogens is 942 g/mol. The zero-order chi connectivity index (χ0) is 50.8. The lowest BCUT2D eigenvalue weighted by Gasteiger charge is -2.25. The molecule has 4 aliphatic rings. The molecule has 1 aliphatic carbocycles. The van der Waals surface area contributed by atoms with E-state index in [1.165, 1.54) is 22.8 Å². The minimum absolute atomic E-state index is 0.0140. The monoisotopic (exact) mass is 985 g/mol. The quantitative estimate of drug-likeness (QED) is 0.101. The molecule has 6 aromatic rings. The van der Waals surface area contributed by atoms with Gasteiger partial charge in [0, 0.05) is 42.3 Å². The summed E-state index contributed by atoms with van der Waals surface area (Å²) in [5, 5.41) is 8.23. The first-order valence-corrected chi connectivity index (χ1v) is 22.5. The summed E-state index contributed by atoms with van der Waals surface area (Å²) in [4.78, 5) is 45.9. The second-order valence-corrected chi connectivity index (χ2v) is 17.5. The van der Waals surface area contributed by atoms with E-state index in [9.17, 15) is 58.7 Å². The number of primary amides is 1. The van der Waals surface area contributed by atoms with Crippen LogP contribution in [0.2, 0.25) is 0 Å². The van der Waals surface area contributed by atoms with Gasteiger partial charge in [0.1, 0.15) is 5.92 Å². The van der Waals surface area contributed by atoms with E-state index in [4.69, 9.17) is 5.73 Å². The van der Waals surface area contributed by atoms with Gasteiger partial charge in [0.05, 0.1) is 22.7 Å². The Kier molecular flexibility index (Phi) is 14.0. The van der Waals surface area contributed by atoms with Gasteiger partial charge in [0.25, 0.3) is 0 Å². The fraction of sp³-hybridized carbons (Fsp3) is 0.245. The molecular formula is C53H44F9N5O4. The van der Waals surface area contributed by atoms with Crippen molar-refractivity contribution in [3.8, 4) is 27.9 Å². The summed E-state index contributed by atoms with van der Waals surface area (Å²) in [7, 11) is 0. The zero-order valence-electron chi connectivity index (χ0n) is 37.5. The fourth-order valence-corrected chi connectivity index (χ4v) is 8.88. The van der Waals surface area contributed by atoms with Crippen LogP contribution in [-0.2, 0) is 50.8 Å². The minimum atomic E-state index is -4.43. The molecule has 0 radical (unpaired) electrons. The molecule has 71 heavy (non-hydrogen) atoms. The van der Waals surface area contributed by atoms with Gasteiger partial charge < -0.3 is 26.3 Å². The maximum Gasteiger partial charge on any atom is 0.418 e. The van der Waals surface area contributed by atoms with Gasteiger partial charge in [-0.1, -0.05) is 42.5 Å². The first-order chi connectivity index (χ1) is 33.6. The number of hydrogen-bond acceptors (Lipinski definition) is 4. The van der Waals surface area contributed by atoms with Crippen LogP contribution in [0, 0.1) is 11.8 Å². The highest BCUT2D eigenvalue weighted by Crippen LogP contribution is 2.41. The Labute approximate surface area is 400 Å². The van der Waals surface area contributed by atoms with Gasteiger partial charge in [-0.2, -0.15) is 39.5 Å². The van der Waals surface area contributed by atoms with Gasteiger partial charge in [-0.15, -0.1) is 0 Å². The number of aryl methyl sites for hydroxylation is 2. The van der Waals surface area contributed by atoms with Gasteiger partial charge in [-0.3, -0.25) is 19.2 Å². The first kappa shape index (κ1) is 49.8. The van der Waals surface area contributed by atoms with Crippen molar-refractivity contribution < 1.29 is 58.7 Å². The number of amides is 4. The highest BCUT2D eigenvalue weighted by molar-refractivity contribution is 6.08. The van der Waals surface area contributed by atoms with Crippen LogP contribution >= 0.6 is 0 Å². The third-order valence-corrected chi connectivity index (χ3v) is 12.8. The normalized spacial score (nSPS) is 17.5. The Balaban J connectivity index is 0.000000144. The first-order valence-electron chi connectivity index (χ1n) is 22.5. The van der Waals surface area contributed by atoms with E-state index >= 15 is 0 Å². The molecule has 10 rings (SSSR count). The molecule has 9 nitrogen and oxygen atoms in total. The summed E-state index contributed by atoms with van der Waals surface area (Å²) in [6.45, 7) is 0. The number of carbonyl (C=O) groups excluding carboxylic acids is 4. The third kappa shape index (κ3) is 11.7. The number of nitrogens with zero attached hydrogens (tertiary/aromatic N) is 1. The van der Waals surface area contributed by atoms with E-state index in [0.29, 0.717) is 54.5 Å². The number of alkyl halides is 9. The predicted octanol–water partition coefficient (Wildman–Crippen LogP) is 12.3. The lowest BCUT2D eigenvalue weighted by Crippen LogP contribution is -2.39. The summed E-state index contributed by atoms with van der Waals surface area (Å²) in [5.41, 5.74) is 13.6. The van der Waals surface area contributed by atoms with Crippen LogP contribution in [0.25, 0.3) is 33.5 Å². The number of carbonyl (C=O) groups is 4. The maximum atomic E-state index is 13.4. The number of rotatable bonds is 5. The van der Waals surface area contributed by atoms with Crippen LogP contribution in [0.4, 0.5) is 56.6 Å². The molecule has 5 N–H and O–H groups in total. The van der Waals surface area contributed by atoms with E-state index in [1.807, 2.05) is 30.3 Å². The van der Waals surface area contributed by atoms with Gasteiger partial charge in [0.2, 0.25) is 23.6 Å². The topological polar surface area (TPSA) is 135 Å². The standard InChI is InChI=1S/C20H15F3N2O.C17H13F3N2O2.C16H16F3NO/c21-20(22,23)16-6-3-14(12-18(16)25-9-1-2-10-25)13-4-7-17-15(11-13)5-8-19(26)24-17;18-17(19,20)12-4-1-9(2-5-12)10-3-6-14-11(7-10)8-13(15(21)23)16(24)22-14;17-16(18,19)13-5-1-10(2-6-13)11-3-7-14-12(9-11)4-8-15(21)20-14/h1-4,6-7,9-12H,5,8H2,(H,24,26);1-7,13H,8H2,(H2,21,23)(H,22,24);1,3,7,9,13H,2,4-6,8H2,(H,20,21). The summed E-state index contributed by atoms with van der Waals surface area (Å²) in [5.74, 6) is -3.32. The maximum absolute atomic E-state index is 13.4. The second kappa shape index (κ2) is 20.0. The van der Waals surface area contributed by atoms with Crippen LogP contribution in [-0.4, -0.2) is 34.4 Å². The molecule has 4 amide bonds. The molecule has 18 heteroatoms. The number of halogens is 9. The Hall–Kier alpha value is -7.63. The fourth-order valence-electron chi connectivity index (χ4n) is 8.88. The van der Waals surface area contributed by atoms with E-state index in [0.717, 1.165) is 63.0 Å². The van der Waals surface area contributed by atoms with Gasteiger partial charge in [-0.25, -0.2) is 0 Å². The van der Waals surface area contributed by atoms with Crippen LogP contribution in [0.15, 0.2) is 128 Å². The van der Waals surface area contributed by atoms with Crippen molar-refractivity contribution in [3.05, 3.63) is 161 Å². The van der Waals surface area contributed by atoms with E-state index in [2.05, 4.69) is 16.0 Å². The average Bonchev–Trinajstić information content (AvgIpc) is 3.88. The Morgan fingerprint density at radius 3 is 1.61 bits per heavy atom. The molecule has 0 fully saturated rings. The number of fused-ring (bicyclic) bond motifs is 3. The molecule has 5 aromatic carbocycles. The van der Waals surface area contributed by atoms with Gasteiger partial charge >= 0.3 is 18.5 Å². The SMILES string of the molecule is NC(=O)C1Cc2cc(-c3ccc(C(F)(F)F)cc3)ccc2NC1=O.O=C1CCc2cc(-c3ccc(C(F)(F)F)c(-n4cccc4)c3)ccc2N1.O=C1CCc2cc(C3=CCC(C(F)(F)F)CC3)ccc2N1. The summed E-state index contributed by atoms with van der Waals surface area (Å²) >= 11 is 0. The zero-order valence-corrected chi connectivity index (χ0v) is 37.5. The van der Waals surface area contributed by atoms with Crippen molar-refractivity contribution in [1.82, 2.24) is 4.57 Å². The second-order valence-electron chi connectivity index (χ2n) is 17.5. The van der Waals surface area contributed by atoms with Crippen LogP contribution in [0.3, 0.4) is 0 Å². The molecule has 3 aliphatic heterocycles. The number of allylic oxidation sites excluding steroid dienone is 2. The molecule has 0 spiro atoms. The van der Waals surface area contributed by atoms with Crippen molar-refractivity contribution in [1.29, 1.82) is 0 Å². The van der Waals surface area contributed by atoms with Crippen LogP contribution in [0.5, 0.6) is 0 Å². The van der Waals surface area contributed by atoms with E-state index in [-0.39, 0.29) is 36.8 Å². The highest BCUT2D eigenvalue weighted by atomic mass is 19.4. The van der Waals surface area contributed by atoms with Crippen molar-refractivity contribution in [2.45, 2.75) is 69.9 Å². The molecule has 4 heterocycles. The number of nitrogens with two attached hydrogens (primary N) is 1. The Morgan fingerprint density at radius 2 is 1.07 bits per heavy atom. The van der Waals surface area contributed by atoms with E-state index < -0.39 is 53.3 Å². The van der Waals surface area contributed by atoms with Crippen molar-refractivity contribution in [2.75, 3.05) is 16.0 Å². The lowest BCUT2D eigenvalue weighted by molar-refractivity contribution is -0.175. The molecule has 2 atom stereocenters. The molecule has 0 saturated heterocycles. The minimum Gasteiger partial charge on any atom is -0.369 e. The van der Waals surface area contributed by atoms with E-state index in [1.54, 1.807) is 60.9 Å². The molecule has 0 bridgehead atoms. The summed E-state index contributed by atoms with van der Waals surface area (Å²) in [6.07, 6.45) is -4.97. The number of anilines is 3. The van der Waals surface area contributed by atoms with Gasteiger partial charge in [0.15, 0.2) is 0 Å². The number of hydrogen-bond donors (Lipinski definition) is 4. The summed E-state index contributed by atoms with van der Waals surface area (Å²) < 4.78 is 117. The largest absolute Gasteiger partial charge is 0.418 e. The Bertz CT molecular complexity index is 3030. The number of benzene rings is 5. The molecule has 1 aromatic heterocycles. The van der Waals surface area contributed by atoms with Crippen molar-refractivity contribution in [3.63, 3.8) is 0 Å². The van der Waals surface area contributed by atoms with Crippen LogP contribution in [0.1, 0.15) is 65.5 Å². The van der Waals surface area contributed by atoms with Crippen LogP contribution < -0.4 is 21.7 Å². The number of aromatic nitrogens is 1. The highest BCUT2D eigenvalue weighted by Gasteiger charge is 2.40. The predicted molar refractivity (Wildman–Crippen MR) is 250 cm³/mol. The molecule has 368 valence electrons. The number of nitrogens with one attached hydrogen (secondary N) is 3. The lowest BCUT2D eigenvalue weighted by atomic mass is 9.85. The average molecular weight is 986 g/mol. The Morgan fingerprint density at radius 1 is 0.563 bits per heavy atom. The molecule has 2 unspecified atom stereocenters. The molecule has 0 saturated carbocycles. The van der Waals surface area contributed by atoms with Gasteiger partial charge in [-0.05, 0) is 161 Å². The third-order valence-electron chi connectivity index (χ3n) is 12.8.